The number of aliphatic imine (C=N–C) groups is 1. The van der Waals surface area contributed by atoms with Crippen LogP contribution in [0.1, 0.15) is 38.5 Å². The molecule has 1 aliphatic rings. The summed E-state index contributed by atoms with van der Waals surface area (Å²) in [5.74, 6) is 0.369. The van der Waals surface area contributed by atoms with E-state index in [1.807, 2.05) is 12.1 Å². The zero-order chi connectivity index (χ0) is 20.6. The van der Waals surface area contributed by atoms with Crippen molar-refractivity contribution in [1.82, 2.24) is 15.4 Å². The van der Waals surface area contributed by atoms with E-state index in [4.69, 9.17) is 15.3 Å². The second-order valence-corrected chi connectivity index (χ2v) is 6.97. The van der Waals surface area contributed by atoms with E-state index >= 15 is 0 Å². The summed E-state index contributed by atoms with van der Waals surface area (Å²) < 4.78 is 5.29. The third-order valence-electron chi connectivity index (χ3n) is 4.60. The molecule has 2 heterocycles. The molecule has 0 atom stereocenters. The Morgan fingerprint density at radius 3 is 2.69 bits per heavy atom. The van der Waals surface area contributed by atoms with Crippen LogP contribution in [-0.4, -0.2) is 67.8 Å². The number of rotatable bonds is 13. The fraction of sp³-hybridized carbons (Fsp3) is 0.650. The minimum absolute atomic E-state index is 0.0495. The highest BCUT2D eigenvalue weighted by Crippen LogP contribution is 2.06. The molecule has 1 aromatic heterocycles. The van der Waals surface area contributed by atoms with Crippen LogP contribution in [0.2, 0.25) is 0 Å². The summed E-state index contributed by atoms with van der Waals surface area (Å²) in [5.41, 5.74) is 9.25. The maximum absolute atomic E-state index is 11.7. The number of nitrogens with zero attached hydrogens (tertiary/aromatic N) is 3. The van der Waals surface area contributed by atoms with E-state index in [2.05, 4.69) is 25.7 Å². The number of nitrogens with two attached hydrogens (primary N) is 1. The summed E-state index contributed by atoms with van der Waals surface area (Å²) in [5, 5.41) is 3.03. The van der Waals surface area contributed by atoms with Crippen LogP contribution in [0.3, 0.4) is 0 Å². The molecule has 162 valence electrons. The summed E-state index contributed by atoms with van der Waals surface area (Å²) in [6, 6.07) is 3.68. The number of anilines is 1. The molecule has 0 unspecified atom stereocenters. The van der Waals surface area contributed by atoms with Crippen molar-refractivity contribution in [3.05, 3.63) is 24.5 Å². The average molecular weight is 407 g/mol. The van der Waals surface area contributed by atoms with Crippen molar-refractivity contribution in [2.24, 2.45) is 10.7 Å². The number of unbranched alkanes of at least 4 members (excludes halogenated alkanes) is 4. The van der Waals surface area contributed by atoms with Crippen molar-refractivity contribution in [2.75, 3.05) is 51.3 Å². The maximum atomic E-state index is 11.7. The number of aromatic nitrogens is 1. The predicted molar refractivity (Wildman–Crippen MR) is 113 cm³/mol. The summed E-state index contributed by atoms with van der Waals surface area (Å²) in [6.45, 7) is 5.41. The molecule has 9 nitrogen and oxygen atoms in total. The molecule has 0 radical (unpaired) electrons. The van der Waals surface area contributed by atoms with Crippen molar-refractivity contribution in [1.29, 1.82) is 0 Å². The Labute approximate surface area is 173 Å². The summed E-state index contributed by atoms with van der Waals surface area (Å²) >= 11 is 0. The first-order chi connectivity index (χ1) is 14.2. The number of hydroxylamine groups is 1. The van der Waals surface area contributed by atoms with Gasteiger partial charge in [0.25, 0.3) is 0 Å². The normalized spacial score (nSPS) is 15.2. The molecule has 0 aliphatic carbocycles. The highest BCUT2D eigenvalue weighted by molar-refractivity contribution is 5.92. The van der Waals surface area contributed by atoms with Crippen LogP contribution in [0.4, 0.5) is 5.69 Å². The van der Waals surface area contributed by atoms with Gasteiger partial charge in [-0.05, 0) is 25.0 Å². The Balaban J connectivity index is 1.37. The van der Waals surface area contributed by atoms with E-state index in [1.54, 1.807) is 12.4 Å². The summed E-state index contributed by atoms with van der Waals surface area (Å²) in [4.78, 5) is 27.5. The van der Waals surface area contributed by atoms with Crippen LogP contribution in [0.15, 0.2) is 29.5 Å². The second kappa shape index (κ2) is 14.7. The lowest BCUT2D eigenvalue weighted by atomic mass is 10.1. The number of carbonyl (C=O) groups excluding carboxylic acids is 1. The highest BCUT2D eigenvalue weighted by Gasteiger charge is 2.09. The van der Waals surface area contributed by atoms with Crippen LogP contribution in [0, 0.1) is 0 Å². The van der Waals surface area contributed by atoms with Crippen molar-refractivity contribution >= 4 is 17.6 Å². The monoisotopic (exact) mass is 406 g/mol. The molecule has 0 saturated carbocycles. The Hall–Kier alpha value is -2.23. The molecule has 1 fully saturated rings. The predicted octanol–water partition coefficient (Wildman–Crippen LogP) is 1.53. The molecule has 4 N–H and O–H groups in total. The molecule has 9 heteroatoms. The Kier molecular flexibility index (Phi) is 11.7. The lowest BCUT2D eigenvalue weighted by molar-refractivity contribution is -0.134. The van der Waals surface area contributed by atoms with E-state index < -0.39 is 0 Å². The maximum Gasteiger partial charge on any atom is 0.243 e. The fourth-order valence-corrected chi connectivity index (χ4v) is 2.93. The van der Waals surface area contributed by atoms with Gasteiger partial charge in [-0.2, -0.15) is 0 Å². The average Bonchev–Trinajstić information content (AvgIpc) is 2.74. The lowest BCUT2D eigenvalue weighted by Crippen LogP contribution is -2.39. The SMILES string of the molecule is NC(=NCCCCCCCC(=O)NOCCN1CCOCC1)Nc1ccncc1. The van der Waals surface area contributed by atoms with Crippen LogP contribution >= 0.6 is 0 Å². The van der Waals surface area contributed by atoms with E-state index in [0.717, 1.165) is 70.6 Å². The van der Waals surface area contributed by atoms with E-state index in [0.29, 0.717) is 25.5 Å². The molecule has 0 bridgehead atoms. The van der Waals surface area contributed by atoms with E-state index in [1.165, 1.54) is 0 Å². The van der Waals surface area contributed by atoms with Gasteiger partial charge in [-0.1, -0.05) is 19.3 Å². The van der Waals surface area contributed by atoms with Crippen molar-refractivity contribution in [3.63, 3.8) is 0 Å². The third kappa shape index (κ3) is 11.4. The van der Waals surface area contributed by atoms with Gasteiger partial charge in [-0.3, -0.25) is 24.5 Å². The first-order valence-corrected chi connectivity index (χ1v) is 10.4. The molecule has 1 aliphatic heterocycles. The quantitative estimate of drug-likeness (QED) is 0.197. The lowest BCUT2D eigenvalue weighted by Gasteiger charge is -2.26. The smallest absolute Gasteiger partial charge is 0.243 e. The molecular formula is C20H34N6O3. The van der Waals surface area contributed by atoms with Crippen LogP contribution < -0.4 is 16.5 Å². The molecule has 1 amide bonds. The number of guanidine groups is 1. The fourth-order valence-electron chi connectivity index (χ4n) is 2.93. The molecule has 0 spiro atoms. The first-order valence-electron chi connectivity index (χ1n) is 10.4. The van der Waals surface area contributed by atoms with Crippen molar-refractivity contribution in [3.8, 4) is 0 Å². The number of morpholine rings is 1. The summed E-state index contributed by atoms with van der Waals surface area (Å²) in [7, 11) is 0. The van der Waals surface area contributed by atoms with Crippen molar-refractivity contribution < 1.29 is 14.4 Å². The number of amides is 1. The van der Waals surface area contributed by atoms with Crippen LogP contribution in [0.5, 0.6) is 0 Å². The van der Waals surface area contributed by atoms with Gasteiger partial charge in [0.15, 0.2) is 5.96 Å². The van der Waals surface area contributed by atoms with Gasteiger partial charge in [0.2, 0.25) is 5.91 Å². The van der Waals surface area contributed by atoms with Gasteiger partial charge in [-0.25, -0.2) is 5.48 Å². The first kappa shape index (κ1) is 23.1. The third-order valence-corrected chi connectivity index (χ3v) is 4.60. The van der Waals surface area contributed by atoms with Crippen LogP contribution in [-0.2, 0) is 14.4 Å². The number of hydrogen-bond donors (Lipinski definition) is 3. The van der Waals surface area contributed by atoms with Gasteiger partial charge in [0, 0.05) is 50.7 Å². The van der Waals surface area contributed by atoms with E-state index in [9.17, 15) is 4.79 Å². The van der Waals surface area contributed by atoms with Gasteiger partial charge in [0.1, 0.15) is 0 Å². The number of hydrogen-bond acceptors (Lipinski definition) is 6. The number of carbonyl (C=O) groups is 1. The Morgan fingerprint density at radius 2 is 1.90 bits per heavy atom. The topological polar surface area (TPSA) is 114 Å². The highest BCUT2D eigenvalue weighted by atomic mass is 16.7. The van der Waals surface area contributed by atoms with Gasteiger partial charge in [0.05, 0.1) is 19.8 Å². The van der Waals surface area contributed by atoms with Gasteiger partial charge in [-0.15, -0.1) is 0 Å². The second-order valence-electron chi connectivity index (χ2n) is 6.97. The summed E-state index contributed by atoms with van der Waals surface area (Å²) in [6.07, 6.45) is 8.93. The minimum atomic E-state index is -0.0495. The minimum Gasteiger partial charge on any atom is -0.379 e. The Bertz CT molecular complexity index is 593. The van der Waals surface area contributed by atoms with Gasteiger partial charge >= 0.3 is 0 Å². The molecule has 1 aromatic rings. The number of nitrogens with one attached hydrogen (secondary N) is 2. The largest absolute Gasteiger partial charge is 0.379 e. The van der Waals surface area contributed by atoms with Crippen LogP contribution in [0.25, 0.3) is 0 Å². The zero-order valence-corrected chi connectivity index (χ0v) is 17.1. The zero-order valence-electron chi connectivity index (χ0n) is 17.1. The number of pyridine rings is 1. The molecule has 2 rings (SSSR count). The molecular weight excluding hydrogens is 372 g/mol. The molecule has 1 saturated heterocycles. The molecule has 0 aromatic carbocycles. The van der Waals surface area contributed by atoms with Crippen molar-refractivity contribution in [2.45, 2.75) is 38.5 Å². The molecule has 29 heavy (non-hydrogen) atoms. The van der Waals surface area contributed by atoms with E-state index in [-0.39, 0.29) is 5.91 Å². The Morgan fingerprint density at radius 1 is 1.17 bits per heavy atom. The number of ether oxygens (including phenoxy) is 1. The standard InChI is InChI=1S/C20H34N6O3/c21-20(24-18-7-10-22-11-8-18)23-9-5-3-1-2-4-6-19(27)25-29-17-14-26-12-15-28-16-13-26/h7-8,10-11H,1-6,9,12-17H2,(H,25,27)(H3,21,22,23,24). The van der Waals surface area contributed by atoms with Gasteiger partial charge < -0.3 is 15.8 Å².